The van der Waals surface area contributed by atoms with Gasteiger partial charge in [0.15, 0.2) is 0 Å². The van der Waals surface area contributed by atoms with Crippen LogP contribution in [0.5, 0.6) is 0 Å². The Bertz CT molecular complexity index is 2770. The molecule has 0 saturated heterocycles. The summed E-state index contributed by atoms with van der Waals surface area (Å²) in [5.41, 5.74) is 15.3. The third-order valence-corrected chi connectivity index (χ3v) is 11.6. The predicted molar refractivity (Wildman–Crippen MR) is 220 cm³/mol. The number of ether oxygens (including phenoxy) is 2. The summed E-state index contributed by atoms with van der Waals surface area (Å²) in [6, 6.07) is 44.7. The van der Waals surface area contributed by atoms with Crippen LogP contribution in [-0.4, -0.2) is 46.1 Å². The molecule has 5 aromatic carbocycles. The monoisotopic (exact) mass is 714 g/mol. The van der Waals surface area contributed by atoms with Crippen molar-refractivity contribution in [2.45, 2.75) is 44.2 Å². The number of nitrogens with zero attached hydrogens (tertiary/aromatic N) is 4. The molecule has 4 heterocycles. The molecule has 0 amide bonds. The summed E-state index contributed by atoms with van der Waals surface area (Å²) >= 11 is 0. The van der Waals surface area contributed by atoms with Gasteiger partial charge in [0.2, 0.25) is 11.8 Å². The van der Waals surface area contributed by atoms with Crippen LogP contribution in [0.25, 0.3) is 55.3 Å². The van der Waals surface area contributed by atoms with Crippen LogP contribution in [-0.2, 0) is 14.9 Å². The molecule has 7 aromatic rings. The van der Waals surface area contributed by atoms with E-state index in [9.17, 15) is 0 Å². The Hall–Kier alpha value is -6.40. The SMILES string of the molecule is CC1(C)COC(c2ccc(-c3ccc4c(c3)C3(c5ccccc5-c5ccccc53)c3c-4ccc4cc(-c5ccc(C6=NC(C)(C)CO6)nc5)ccc34)cn2)=N1. The maximum absolute atomic E-state index is 5.90. The van der Waals surface area contributed by atoms with Gasteiger partial charge in [-0.3, -0.25) is 9.97 Å². The topological polar surface area (TPSA) is 69.0 Å². The van der Waals surface area contributed by atoms with Crippen LogP contribution in [0.15, 0.2) is 144 Å². The molecule has 0 bridgehead atoms. The van der Waals surface area contributed by atoms with E-state index in [1.165, 1.54) is 55.3 Å². The van der Waals surface area contributed by atoms with Gasteiger partial charge in [0, 0.05) is 23.5 Å². The zero-order chi connectivity index (χ0) is 37.1. The maximum atomic E-state index is 5.90. The smallest absolute Gasteiger partial charge is 0.236 e. The first kappa shape index (κ1) is 32.1. The normalized spacial score (nSPS) is 17.5. The van der Waals surface area contributed by atoms with Crippen molar-refractivity contribution in [2.75, 3.05) is 13.2 Å². The number of fused-ring (bicyclic) bond motifs is 12. The van der Waals surface area contributed by atoms with E-state index in [1.807, 2.05) is 24.5 Å². The molecule has 0 fully saturated rings. The van der Waals surface area contributed by atoms with Crippen LogP contribution >= 0.6 is 0 Å². The Balaban J connectivity index is 1.07. The molecule has 4 aliphatic rings. The summed E-state index contributed by atoms with van der Waals surface area (Å²) in [5.74, 6) is 1.22. The molecule has 0 atom stereocenters. The van der Waals surface area contributed by atoms with Gasteiger partial charge in [0.05, 0.1) is 16.5 Å². The minimum absolute atomic E-state index is 0.228. The molecule has 0 radical (unpaired) electrons. The third kappa shape index (κ3) is 4.73. The summed E-state index contributed by atoms with van der Waals surface area (Å²) in [6.45, 7) is 9.43. The molecule has 55 heavy (non-hydrogen) atoms. The average Bonchev–Trinajstić information content (AvgIpc) is 3.94. The summed E-state index contributed by atoms with van der Waals surface area (Å²) in [6.07, 6.45) is 3.88. The van der Waals surface area contributed by atoms with Crippen molar-refractivity contribution in [1.82, 2.24) is 9.97 Å². The minimum Gasteiger partial charge on any atom is -0.474 e. The number of aromatic nitrogens is 2. The lowest BCUT2D eigenvalue weighted by molar-refractivity contribution is 0.279. The molecule has 0 N–H and O–H groups in total. The zero-order valence-electron chi connectivity index (χ0n) is 31.2. The van der Waals surface area contributed by atoms with E-state index < -0.39 is 5.41 Å². The lowest BCUT2D eigenvalue weighted by atomic mass is 9.69. The van der Waals surface area contributed by atoms with Crippen LogP contribution in [0.1, 0.15) is 61.3 Å². The second-order valence-corrected chi connectivity index (χ2v) is 16.4. The highest BCUT2D eigenvalue weighted by atomic mass is 16.5. The summed E-state index contributed by atoms with van der Waals surface area (Å²) in [5, 5.41) is 2.44. The highest BCUT2D eigenvalue weighted by molar-refractivity contribution is 6.05. The molecule has 0 saturated carbocycles. The van der Waals surface area contributed by atoms with Crippen molar-refractivity contribution in [3.8, 4) is 44.5 Å². The number of aliphatic imine (C=N–C) groups is 2. The quantitative estimate of drug-likeness (QED) is 0.182. The number of hydrogen-bond donors (Lipinski definition) is 0. The molecule has 2 aliphatic heterocycles. The molecule has 1 spiro atoms. The zero-order valence-corrected chi connectivity index (χ0v) is 31.2. The maximum Gasteiger partial charge on any atom is 0.236 e. The fraction of sp³-hybridized carbons (Fsp3) is 0.184. The second-order valence-electron chi connectivity index (χ2n) is 16.4. The molecular formula is C49H38N4O2. The van der Waals surface area contributed by atoms with Crippen molar-refractivity contribution >= 4 is 22.6 Å². The predicted octanol–water partition coefficient (Wildman–Crippen LogP) is 10.4. The van der Waals surface area contributed by atoms with Crippen LogP contribution in [0, 0.1) is 0 Å². The first-order chi connectivity index (χ1) is 26.7. The lowest BCUT2D eigenvalue weighted by Crippen LogP contribution is -2.26. The van der Waals surface area contributed by atoms with Gasteiger partial charge in [-0.15, -0.1) is 0 Å². The van der Waals surface area contributed by atoms with E-state index in [4.69, 9.17) is 29.4 Å². The summed E-state index contributed by atoms with van der Waals surface area (Å²) in [4.78, 5) is 19.1. The Kier molecular flexibility index (Phi) is 6.59. The lowest BCUT2D eigenvalue weighted by Gasteiger charge is -2.31. The van der Waals surface area contributed by atoms with Gasteiger partial charge in [0.1, 0.15) is 24.6 Å². The largest absolute Gasteiger partial charge is 0.474 e. The second kappa shape index (κ2) is 11.3. The fourth-order valence-electron chi connectivity index (χ4n) is 9.15. The molecular weight excluding hydrogens is 677 g/mol. The molecule has 6 nitrogen and oxygen atoms in total. The Morgan fingerprint density at radius 2 is 0.982 bits per heavy atom. The average molecular weight is 715 g/mol. The number of benzene rings is 5. The molecule has 2 aromatic heterocycles. The van der Waals surface area contributed by atoms with Crippen LogP contribution in [0.4, 0.5) is 0 Å². The van der Waals surface area contributed by atoms with Crippen LogP contribution in [0.3, 0.4) is 0 Å². The standard InChI is InChI=1S/C49H38N4O2/c1-47(2)27-54-45(52-47)42-21-16-32(25-50-42)29-13-18-34-31(23-29)15-20-38-37-19-14-30(33-17-22-43(51-26-33)46-53-48(3,4)28-55-46)24-41(37)49(44(34)38)39-11-7-5-9-35(39)36-10-6-8-12-40(36)49/h5-26H,27-28H2,1-4H3. The van der Waals surface area contributed by atoms with E-state index in [0.29, 0.717) is 25.0 Å². The van der Waals surface area contributed by atoms with Crippen molar-refractivity contribution in [3.05, 3.63) is 167 Å². The molecule has 2 aliphatic carbocycles. The van der Waals surface area contributed by atoms with Gasteiger partial charge in [0.25, 0.3) is 0 Å². The molecule has 11 rings (SSSR count). The van der Waals surface area contributed by atoms with E-state index in [-0.39, 0.29) is 11.1 Å². The van der Waals surface area contributed by atoms with E-state index in [1.54, 1.807) is 0 Å². The number of rotatable bonds is 4. The molecule has 266 valence electrons. The van der Waals surface area contributed by atoms with Gasteiger partial charge in [-0.2, -0.15) is 0 Å². The van der Waals surface area contributed by atoms with E-state index in [0.717, 1.165) is 33.6 Å². The van der Waals surface area contributed by atoms with Crippen LogP contribution in [0.2, 0.25) is 0 Å². The first-order valence-electron chi connectivity index (χ1n) is 19.0. The highest BCUT2D eigenvalue weighted by Crippen LogP contribution is 2.64. The Morgan fingerprint density at radius 1 is 0.473 bits per heavy atom. The minimum atomic E-state index is -0.501. The third-order valence-electron chi connectivity index (χ3n) is 11.6. The Labute approximate surface area is 320 Å². The van der Waals surface area contributed by atoms with Crippen molar-refractivity contribution in [3.63, 3.8) is 0 Å². The Morgan fingerprint density at radius 3 is 1.53 bits per heavy atom. The van der Waals surface area contributed by atoms with Gasteiger partial charge < -0.3 is 9.47 Å². The van der Waals surface area contributed by atoms with Crippen molar-refractivity contribution in [2.24, 2.45) is 9.98 Å². The van der Waals surface area contributed by atoms with Crippen molar-refractivity contribution in [1.29, 1.82) is 0 Å². The van der Waals surface area contributed by atoms with Crippen LogP contribution < -0.4 is 0 Å². The summed E-state index contributed by atoms with van der Waals surface area (Å²) < 4.78 is 11.8. The first-order valence-corrected chi connectivity index (χ1v) is 19.0. The van der Waals surface area contributed by atoms with Gasteiger partial charge in [-0.05, 0) is 118 Å². The van der Waals surface area contributed by atoms with Gasteiger partial charge in [-0.1, -0.05) is 97.1 Å². The number of pyridine rings is 2. The van der Waals surface area contributed by atoms with Crippen molar-refractivity contribution < 1.29 is 9.47 Å². The fourth-order valence-corrected chi connectivity index (χ4v) is 9.15. The van der Waals surface area contributed by atoms with E-state index in [2.05, 4.69) is 137 Å². The molecule has 6 heteroatoms. The van der Waals surface area contributed by atoms with Gasteiger partial charge >= 0.3 is 0 Å². The molecule has 0 unspecified atom stereocenters. The van der Waals surface area contributed by atoms with Gasteiger partial charge in [-0.25, -0.2) is 9.98 Å². The summed E-state index contributed by atoms with van der Waals surface area (Å²) in [7, 11) is 0. The number of hydrogen-bond acceptors (Lipinski definition) is 6. The van der Waals surface area contributed by atoms with E-state index >= 15 is 0 Å². The highest BCUT2D eigenvalue weighted by Gasteiger charge is 2.52.